The Labute approximate surface area is 222 Å². The molecule has 190 valence electrons. The Hall–Kier alpha value is -4.78. The van der Waals surface area contributed by atoms with Gasteiger partial charge in [0.15, 0.2) is 5.65 Å². The van der Waals surface area contributed by atoms with E-state index in [1.54, 1.807) is 6.20 Å². The molecule has 5 rings (SSSR count). The zero-order valence-electron chi connectivity index (χ0n) is 22.1. The minimum Gasteiger partial charge on any atom is -0.358 e. The standard InChI is InChI=1S/C31H31N7/c1-6-7-8-26(22-9-11-32-12-10-22)27-15-29(36-21(27)5)30-28-14-24(17-34-31(28)38-37-30)23-13-25(18-33-16-23)35-20(4)19(2)3/h6-19,35-36H,4H2,1-3,5H3,(H,34,37,38)/b7-6-,26-8-. The van der Waals surface area contributed by atoms with Crippen LogP contribution in [0.3, 0.4) is 0 Å². The predicted molar refractivity (Wildman–Crippen MR) is 155 cm³/mol. The van der Waals surface area contributed by atoms with Crippen molar-refractivity contribution in [1.29, 1.82) is 0 Å². The molecule has 38 heavy (non-hydrogen) atoms. The number of rotatable bonds is 8. The van der Waals surface area contributed by atoms with Gasteiger partial charge in [0.2, 0.25) is 0 Å². The largest absolute Gasteiger partial charge is 0.358 e. The number of H-pyrrole nitrogens is 2. The van der Waals surface area contributed by atoms with Crippen LogP contribution in [-0.2, 0) is 0 Å². The third-order valence-electron chi connectivity index (χ3n) is 6.50. The van der Waals surface area contributed by atoms with Crippen molar-refractivity contribution in [1.82, 2.24) is 30.1 Å². The van der Waals surface area contributed by atoms with E-state index in [1.807, 2.05) is 49.9 Å². The number of nitrogens with zero attached hydrogens (tertiary/aromatic N) is 4. The van der Waals surface area contributed by atoms with Gasteiger partial charge in [-0.3, -0.25) is 15.1 Å². The van der Waals surface area contributed by atoms with Crippen LogP contribution >= 0.6 is 0 Å². The SMILES string of the molecule is C=C(Nc1cncc(-c2cnc3n[nH]c(-c4cc(/C(=C\C=C/C)c5ccncc5)c(C)[nH]4)c3c2)c1)C(C)C. The minimum atomic E-state index is 0.325. The maximum Gasteiger partial charge on any atom is 0.181 e. The van der Waals surface area contributed by atoms with Crippen molar-refractivity contribution in [3.05, 3.63) is 109 Å². The van der Waals surface area contributed by atoms with Crippen LogP contribution in [-0.4, -0.2) is 30.1 Å². The molecule has 0 aliphatic rings. The molecule has 0 aliphatic heterocycles. The third kappa shape index (κ3) is 5.04. The van der Waals surface area contributed by atoms with E-state index in [1.165, 1.54) is 0 Å². The summed E-state index contributed by atoms with van der Waals surface area (Å²) in [4.78, 5) is 16.8. The van der Waals surface area contributed by atoms with Crippen LogP contribution < -0.4 is 5.32 Å². The summed E-state index contributed by atoms with van der Waals surface area (Å²) in [5.41, 5.74) is 10.7. The Morgan fingerprint density at radius 1 is 1.03 bits per heavy atom. The Bertz CT molecular complexity index is 1650. The van der Waals surface area contributed by atoms with Gasteiger partial charge >= 0.3 is 0 Å². The Kier molecular flexibility index (Phi) is 7.00. The van der Waals surface area contributed by atoms with Gasteiger partial charge in [0.05, 0.1) is 23.3 Å². The highest BCUT2D eigenvalue weighted by Crippen LogP contribution is 2.34. The van der Waals surface area contributed by atoms with Crippen molar-refractivity contribution in [3.8, 4) is 22.5 Å². The van der Waals surface area contributed by atoms with Gasteiger partial charge in [0, 0.05) is 58.3 Å². The third-order valence-corrected chi connectivity index (χ3v) is 6.50. The van der Waals surface area contributed by atoms with E-state index in [-0.39, 0.29) is 0 Å². The molecule has 0 unspecified atom stereocenters. The first-order chi connectivity index (χ1) is 18.4. The molecular formula is C31H31N7. The summed E-state index contributed by atoms with van der Waals surface area (Å²) in [5, 5.41) is 11.9. The molecule has 5 aromatic heterocycles. The highest BCUT2D eigenvalue weighted by Gasteiger charge is 2.17. The van der Waals surface area contributed by atoms with Crippen LogP contribution in [0.2, 0.25) is 0 Å². The van der Waals surface area contributed by atoms with Crippen LogP contribution in [0.4, 0.5) is 5.69 Å². The number of aryl methyl sites for hydroxylation is 1. The number of anilines is 1. The molecule has 5 heterocycles. The summed E-state index contributed by atoms with van der Waals surface area (Å²) in [5.74, 6) is 0.325. The van der Waals surface area contributed by atoms with Crippen LogP contribution in [0.1, 0.15) is 37.6 Å². The van der Waals surface area contributed by atoms with Crippen LogP contribution in [0.15, 0.2) is 91.8 Å². The van der Waals surface area contributed by atoms with Gasteiger partial charge in [-0.25, -0.2) is 4.98 Å². The highest BCUT2D eigenvalue weighted by molar-refractivity contribution is 5.94. The lowest BCUT2D eigenvalue weighted by molar-refractivity contribution is 0.778. The van der Waals surface area contributed by atoms with E-state index in [2.05, 4.69) is 93.2 Å². The second-order valence-corrected chi connectivity index (χ2v) is 9.52. The summed E-state index contributed by atoms with van der Waals surface area (Å²) in [6, 6.07) is 10.4. The first-order valence-electron chi connectivity index (χ1n) is 12.6. The fourth-order valence-electron chi connectivity index (χ4n) is 4.30. The summed E-state index contributed by atoms with van der Waals surface area (Å²) in [6.07, 6.45) is 15.3. The zero-order chi connectivity index (χ0) is 26.6. The van der Waals surface area contributed by atoms with Gasteiger partial charge in [0.25, 0.3) is 0 Å². The molecule has 0 bridgehead atoms. The second-order valence-electron chi connectivity index (χ2n) is 9.52. The topological polar surface area (TPSA) is 95.2 Å². The molecule has 0 fully saturated rings. The molecular weight excluding hydrogens is 470 g/mol. The summed E-state index contributed by atoms with van der Waals surface area (Å²) in [7, 11) is 0. The number of hydrogen-bond acceptors (Lipinski definition) is 5. The van der Waals surface area contributed by atoms with Gasteiger partial charge in [-0.1, -0.05) is 38.7 Å². The maximum absolute atomic E-state index is 4.63. The summed E-state index contributed by atoms with van der Waals surface area (Å²) in [6.45, 7) is 12.4. The van der Waals surface area contributed by atoms with Crippen LogP contribution in [0, 0.1) is 12.8 Å². The number of fused-ring (bicyclic) bond motifs is 1. The Balaban J connectivity index is 1.54. The molecule has 0 saturated heterocycles. The maximum atomic E-state index is 4.63. The van der Waals surface area contributed by atoms with Crippen molar-refractivity contribution in [2.75, 3.05) is 5.32 Å². The van der Waals surface area contributed by atoms with Gasteiger partial charge in [-0.2, -0.15) is 5.10 Å². The average Bonchev–Trinajstić information content (AvgIpc) is 3.52. The molecule has 0 amide bonds. The molecule has 0 atom stereocenters. The zero-order valence-corrected chi connectivity index (χ0v) is 22.1. The van der Waals surface area contributed by atoms with E-state index in [0.717, 1.165) is 61.7 Å². The average molecular weight is 502 g/mol. The molecule has 3 N–H and O–H groups in total. The van der Waals surface area contributed by atoms with Gasteiger partial charge < -0.3 is 10.3 Å². The molecule has 0 saturated carbocycles. The summed E-state index contributed by atoms with van der Waals surface area (Å²) >= 11 is 0. The van der Waals surface area contributed by atoms with Crippen molar-refractivity contribution in [3.63, 3.8) is 0 Å². The number of nitrogens with one attached hydrogen (secondary N) is 3. The van der Waals surface area contributed by atoms with E-state index in [4.69, 9.17) is 0 Å². The molecule has 7 heteroatoms. The molecule has 7 nitrogen and oxygen atoms in total. The van der Waals surface area contributed by atoms with E-state index < -0.39 is 0 Å². The van der Waals surface area contributed by atoms with E-state index >= 15 is 0 Å². The molecule has 5 aromatic rings. The number of pyridine rings is 3. The van der Waals surface area contributed by atoms with Gasteiger partial charge in [-0.05, 0) is 61.2 Å². The molecule has 0 aliphatic carbocycles. The smallest absolute Gasteiger partial charge is 0.181 e. The van der Waals surface area contributed by atoms with Crippen molar-refractivity contribution in [2.45, 2.75) is 27.7 Å². The van der Waals surface area contributed by atoms with Crippen molar-refractivity contribution < 1.29 is 0 Å². The van der Waals surface area contributed by atoms with E-state index in [0.29, 0.717) is 11.6 Å². The number of allylic oxidation sites excluding steroid dienone is 4. The molecule has 0 spiro atoms. The first-order valence-corrected chi connectivity index (χ1v) is 12.6. The lowest BCUT2D eigenvalue weighted by Crippen LogP contribution is -2.04. The fourth-order valence-corrected chi connectivity index (χ4v) is 4.30. The van der Waals surface area contributed by atoms with Crippen molar-refractivity contribution in [2.24, 2.45) is 5.92 Å². The number of aromatic amines is 2. The summed E-state index contributed by atoms with van der Waals surface area (Å²) < 4.78 is 0. The normalized spacial score (nSPS) is 12.1. The second kappa shape index (κ2) is 10.7. The number of hydrogen-bond donors (Lipinski definition) is 3. The highest BCUT2D eigenvalue weighted by atomic mass is 15.2. The van der Waals surface area contributed by atoms with E-state index in [9.17, 15) is 0 Å². The Morgan fingerprint density at radius 2 is 1.82 bits per heavy atom. The van der Waals surface area contributed by atoms with Gasteiger partial charge in [0.1, 0.15) is 0 Å². The molecule has 0 radical (unpaired) electrons. The lowest BCUT2D eigenvalue weighted by atomic mass is 9.98. The van der Waals surface area contributed by atoms with Gasteiger partial charge in [-0.15, -0.1) is 0 Å². The van der Waals surface area contributed by atoms with Crippen molar-refractivity contribution >= 4 is 22.3 Å². The monoisotopic (exact) mass is 501 g/mol. The lowest BCUT2D eigenvalue weighted by Gasteiger charge is -2.13. The predicted octanol–water partition coefficient (Wildman–Crippen LogP) is 7.31. The quantitative estimate of drug-likeness (QED) is 0.194. The van der Waals surface area contributed by atoms with Crippen LogP contribution in [0.5, 0.6) is 0 Å². The fraction of sp³-hybridized carbons (Fsp3) is 0.161. The molecule has 0 aromatic carbocycles. The first kappa shape index (κ1) is 24.9. The van der Waals surface area contributed by atoms with Crippen LogP contribution in [0.25, 0.3) is 39.1 Å². The minimum absolute atomic E-state index is 0.325. The number of aromatic nitrogens is 6. The Morgan fingerprint density at radius 3 is 2.58 bits per heavy atom.